The monoisotopic (exact) mass is 207 g/mol. The predicted octanol–water partition coefficient (Wildman–Crippen LogP) is 1.17. The Balaban J connectivity index is 2.19. The number of rotatable bonds is 2. The topological polar surface area (TPSA) is 66.3 Å². The van der Waals surface area contributed by atoms with Crippen LogP contribution in [0.5, 0.6) is 0 Å². The van der Waals surface area contributed by atoms with E-state index < -0.39 is 5.97 Å². The maximum Gasteiger partial charge on any atom is 0.354 e. The van der Waals surface area contributed by atoms with Crippen molar-refractivity contribution in [2.75, 3.05) is 18.0 Å². The Morgan fingerprint density at radius 1 is 1.27 bits per heavy atom. The molecule has 0 radical (unpaired) electrons. The summed E-state index contributed by atoms with van der Waals surface area (Å²) in [5.41, 5.74) is 0.0607. The van der Waals surface area contributed by atoms with Gasteiger partial charge in [0.2, 0.25) is 0 Å². The minimum Gasteiger partial charge on any atom is -0.477 e. The first kappa shape index (κ1) is 9.89. The van der Waals surface area contributed by atoms with Crippen LogP contribution in [0.25, 0.3) is 0 Å². The first-order valence-electron chi connectivity index (χ1n) is 5.07. The number of hydrogen-bond donors (Lipinski definition) is 1. The fourth-order valence-corrected chi connectivity index (χ4v) is 1.76. The molecule has 15 heavy (non-hydrogen) atoms. The van der Waals surface area contributed by atoms with E-state index in [9.17, 15) is 4.79 Å². The standard InChI is InChI=1S/C10H13N3O2/c14-10(15)8-6-9(12-7-11-8)13-4-2-1-3-5-13/h6-7H,1-5H2,(H,14,15). The molecule has 0 amide bonds. The van der Waals surface area contributed by atoms with Crippen molar-refractivity contribution in [3.8, 4) is 0 Å². The SMILES string of the molecule is O=C(O)c1cc(N2CCCCC2)ncn1. The highest BCUT2D eigenvalue weighted by atomic mass is 16.4. The molecule has 0 spiro atoms. The molecule has 0 saturated carbocycles. The summed E-state index contributed by atoms with van der Waals surface area (Å²) < 4.78 is 0. The number of aromatic nitrogens is 2. The van der Waals surface area contributed by atoms with Crippen LogP contribution in [0.2, 0.25) is 0 Å². The molecule has 80 valence electrons. The number of anilines is 1. The summed E-state index contributed by atoms with van der Waals surface area (Å²) in [6.45, 7) is 1.91. The Morgan fingerprint density at radius 2 is 2.00 bits per heavy atom. The number of piperidine rings is 1. The van der Waals surface area contributed by atoms with Crippen LogP contribution >= 0.6 is 0 Å². The van der Waals surface area contributed by atoms with Crippen LogP contribution in [-0.2, 0) is 0 Å². The Labute approximate surface area is 87.8 Å². The van der Waals surface area contributed by atoms with Gasteiger partial charge >= 0.3 is 5.97 Å². The summed E-state index contributed by atoms with van der Waals surface area (Å²) in [6, 6.07) is 1.54. The third-order valence-electron chi connectivity index (χ3n) is 2.55. The fraction of sp³-hybridized carbons (Fsp3) is 0.500. The molecule has 5 nitrogen and oxygen atoms in total. The van der Waals surface area contributed by atoms with Crippen molar-refractivity contribution >= 4 is 11.8 Å². The van der Waals surface area contributed by atoms with Gasteiger partial charge in [0.25, 0.3) is 0 Å². The van der Waals surface area contributed by atoms with Crippen molar-refractivity contribution in [2.24, 2.45) is 0 Å². The average Bonchev–Trinajstić information content (AvgIpc) is 2.30. The van der Waals surface area contributed by atoms with E-state index in [1.165, 1.54) is 18.8 Å². The lowest BCUT2D eigenvalue weighted by atomic mass is 10.1. The molecule has 1 N–H and O–H groups in total. The van der Waals surface area contributed by atoms with Gasteiger partial charge in [0.05, 0.1) is 0 Å². The van der Waals surface area contributed by atoms with Crippen molar-refractivity contribution in [1.29, 1.82) is 0 Å². The normalized spacial score (nSPS) is 16.4. The van der Waals surface area contributed by atoms with E-state index in [2.05, 4.69) is 14.9 Å². The summed E-state index contributed by atoms with van der Waals surface area (Å²) in [4.78, 5) is 20.6. The Kier molecular flexibility index (Phi) is 2.80. The van der Waals surface area contributed by atoms with Crippen molar-refractivity contribution < 1.29 is 9.90 Å². The van der Waals surface area contributed by atoms with Crippen molar-refractivity contribution in [3.05, 3.63) is 18.1 Å². The Bertz CT molecular complexity index is 361. The van der Waals surface area contributed by atoms with E-state index in [1.54, 1.807) is 0 Å². The van der Waals surface area contributed by atoms with Gasteiger partial charge in [-0.3, -0.25) is 0 Å². The molecule has 2 rings (SSSR count). The van der Waals surface area contributed by atoms with Gasteiger partial charge < -0.3 is 10.0 Å². The van der Waals surface area contributed by atoms with Crippen molar-refractivity contribution in [2.45, 2.75) is 19.3 Å². The first-order valence-corrected chi connectivity index (χ1v) is 5.07. The number of aromatic carboxylic acids is 1. The maximum atomic E-state index is 10.7. The number of carbonyl (C=O) groups is 1. The highest BCUT2D eigenvalue weighted by Crippen LogP contribution is 2.17. The van der Waals surface area contributed by atoms with E-state index in [0.29, 0.717) is 0 Å². The molecule has 1 aliphatic rings. The molecule has 1 aliphatic heterocycles. The second-order valence-corrected chi connectivity index (χ2v) is 3.61. The van der Waals surface area contributed by atoms with E-state index in [4.69, 9.17) is 5.11 Å². The third kappa shape index (κ3) is 2.23. The molecule has 1 aromatic heterocycles. The number of hydrogen-bond acceptors (Lipinski definition) is 4. The summed E-state index contributed by atoms with van der Waals surface area (Å²) in [5, 5.41) is 8.80. The molecule has 1 saturated heterocycles. The molecule has 0 bridgehead atoms. The largest absolute Gasteiger partial charge is 0.477 e. The molecule has 0 atom stereocenters. The van der Waals surface area contributed by atoms with E-state index >= 15 is 0 Å². The molecule has 0 aliphatic carbocycles. The summed E-state index contributed by atoms with van der Waals surface area (Å²) in [5.74, 6) is -0.280. The smallest absolute Gasteiger partial charge is 0.354 e. The Hall–Kier alpha value is -1.65. The maximum absolute atomic E-state index is 10.7. The summed E-state index contributed by atoms with van der Waals surface area (Å²) in [6.07, 6.45) is 4.85. The highest BCUT2D eigenvalue weighted by Gasteiger charge is 2.14. The van der Waals surface area contributed by atoms with Crippen LogP contribution in [-0.4, -0.2) is 34.1 Å². The summed E-state index contributed by atoms with van der Waals surface area (Å²) in [7, 11) is 0. The van der Waals surface area contributed by atoms with Crippen molar-refractivity contribution in [1.82, 2.24) is 9.97 Å². The zero-order valence-corrected chi connectivity index (χ0v) is 8.39. The van der Waals surface area contributed by atoms with E-state index in [-0.39, 0.29) is 5.69 Å². The second kappa shape index (κ2) is 4.25. The third-order valence-corrected chi connectivity index (χ3v) is 2.55. The number of carboxylic acid groups (broad SMARTS) is 1. The van der Waals surface area contributed by atoms with Gasteiger partial charge in [-0.25, -0.2) is 14.8 Å². The fourth-order valence-electron chi connectivity index (χ4n) is 1.76. The van der Waals surface area contributed by atoms with Gasteiger partial charge in [-0.1, -0.05) is 0 Å². The zero-order valence-electron chi connectivity index (χ0n) is 8.39. The highest BCUT2D eigenvalue weighted by molar-refractivity contribution is 5.86. The van der Waals surface area contributed by atoms with E-state index in [0.717, 1.165) is 31.7 Å². The molecule has 0 aromatic carbocycles. The molecular weight excluding hydrogens is 194 g/mol. The van der Waals surface area contributed by atoms with Gasteiger partial charge in [0, 0.05) is 19.2 Å². The van der Waals surface area contributed by atoms with Crippen LogP contribution in [0.1, 0.15) is 29.8 Å². The molecular formula is C10H13N3O2. The predicted molar refractivity (Wildman–Crippen MR) is 55.1 cm³/mol. The van der Waals surface area contributed by atoms with Crippen LogP contribution in [0, 0.1) is 0 Å². The second-order valence-electron chi connectivity index (χ2n) is 3.61. The Morgan fingerprint density at radius 3 is 2.67 bits per heavy atom. The van der Waals surface area contributed by atoms with Crippen LogP contribution in [0.4, 0.5) is 5.82 Å². The molecule has 5 heteroatoms. The van der Waals surface area contributed by atoms with Crippen LogP contribution in [0.15, 0.2) is 12.4 Å². The van der Waals surface area contributed by atoms with Crippen LogP contribution in [0.3, 0.4) is 0 Å². The molecule has 0 unspecified atom stereocenters. The lowest BCUT2D eigenvalue weighted by molar-refractivity contribution is 0.0690. The lowest BCUT2D eigenvalue weighted by Crippen LogP contribution is -2.30. The number of carboxylic acids is 1. The quantitative estimate of drug-likeness (QED) is 0.788. The van der Waals surface area contributed by atoms with Gasteiger partial charge in [-0.2, -0.15) is 0 Å². The number of nitrogens with zero attached hydrogens (tertiary/aromatic N) is 3. The average molecular weight is 207 g/mol. The zero-order chi connectivity index (χ0) is 10.7. The first-order chi connectivity index (χ1) is 7.27. The van der Waals surface area contributed by atoms with Crippen molar-refractivity contribution in [3.63, 3.8) is 0 Å². The van der Waals surface area contributed by atoms with Gasteiger partial charge in [-0.15, -0.1) is 0 Å². The van der Waals surface area contributed by atoms with Crippen LogP contribution < -0.4 is 4.90 Å². The van der Waals surface area contributed by atoms with Gasteiger partial charge in [0.1, 0.15) is 12.1 Å². The summed E-state index contributed by atoms with van der Waals surface area (Å²) >= 11 is 0. The minimum atomic E-state index is -1.00. The minimum absolute atomic E-state index is 0.0607. The van der Waals surface area contributed by atoms with Gasteiger partial charge in [-0.05, 0) is 19.3 Å². The van der Waals surface area contributed by atoms with Gasteiger partial charge in [0.15, 0.2) is 5.69 Å². The molecule has 1 fully saturated rings. The van der Waals surface area contributed by atoms with E-state index in [1.807, 2.05) is 0 Å². The molecule has 1 aromatic rings. The lowest BCUT2D eigenvalue weighted by Gasteiger charge is -2.27. The molecule has 2 heterocycles.